The second kappa shape index (κ2) is 6.91. The van der Waals surface area contributed by atoms with Gasteiger partial charge in [-0.25, -0.2) is 4.98 Å². The van der Waals surface area contributed by atoms with Gasteiger partial charge in [0.05, 0.1) is 17.7 Å². The number of hydrogen-bond donors (Lipinski definition) is 2. The number of rotatable bonds is 6. The van der Waals surface area contributed by atoms with Crippen LogP contribution in [0, 0.1) is 25.2 Å². The van der Waals surface area contributed by atoms with Gasteiger partial charge in [-0.3, -0.25) is 9.59 Å². The zero-order valence-corrected chi connectivity index (χ0v) is 13.2. The summed E-state index contributed by atoms with van der Waals surface area (Å²) in [6.45, 7) is 3.50. The van der Waals surface area contributed by atoms with Gasteiger partial charge in [0.15, 0.2) is 11.5 Å². The van der Waals surface area contributed by atoms with Crippen molar-refractivity contribution in [2.45, 2.75) is 33.1 Å². The number of carbonyl (C=O) groups excluding carboxylic acids is 1. The first-order chi connectivity index (χ1) is 11.3. The summed E-state index contributed by atoms with van der Waals surface area (Å²) in [5.74, 6) is -1.70. The first-order valence-corrected chi connectivity index (χ1v) is 7.13. The summed E-state index contributed by atoms with van der Waals surface area (Å²) in [5.41, 5.74) is 1.44. The number of nitrogens with zero attached hydrogens (tertiary/aromatic N) is 3. The van der Waals surface area contributed by atoms with Crippen LogP contribution in [0.2, 0.25) is 0 Å². The van der Waals surface area contributed by atoms with E-state index in [1.807, 2.05) is 6.07 Å². The van der Waals surface area contributed by atoms with Crippen LogP contribution in [0.5, 0.6) is 5.75 Å². The van der Waals surface area contributed by atoms with Crippen LogP contribution < -0.4 is 0 Å². The van der Waals surface area contributed by atoms with Gasteiger partial charge in [0, 0.05) is 24.1 Å². The van der Waals surface area contributed by atoms with E-state index in [1.54, 1.807) is 13.8 Å². The lowest BCUT2D eigenvalue weighted by Crippen LogP contribution is -2.09. The number of aliphatic carboxylic acids is 1. The van der Waals surface area contributed by atoms with Crippen molar-refractivity contribution in [2.75, 3.05) is 0 Å². The molecule has 0 radical (unpaired) electrons. The Bertz CT molecular complexity index is 829. The Morgan fingerprint density at radius 2 is 2.04 bits per heavy atom. The summed E-state index contributed by atoms with van der Waals surface area (Å²) in [7, 11) is 0. The summed E-state index contributed by atoms with van der Waals surface area (Å²) < 4.78 is 5.07. The Morgan fingerprint density at radius 3 is 2.58 bits per heavy atom. The van der Waals surface area contributed by atoms with E-state index in [0.29, 0.717) is 17.1 Å². The number of ketones is 1. The van der Waals surface area contributed by atoms with Crippen molar-refractivity contribution >= 4 is 11.8 Å². The summed E-state index contributed by atoms with van der Waals surface area (Å²) in [4.78, 5) is 26.8. The van der Waals surface area contributed by atoms with Crippen LogP contribution in [0.15, 0.2) is 10.6 Å². The van der Waals surface area contributed by atoms with Crippen molar-refractivity contribution in [3.8, 4) is 11.8 Å². The molecule has 0 amide bonds. The Kier molecular flexibility index (Phi) is 4.94. The molecular formula is C16H15N3O5. The SMILES string of the molecule is Cc1noc(C)c1Cc1cc(C#N)c(O)c(C(=O)CCC(=O)O)n1. The van der Waals surface area contributed by atoms with Gasteiger partial charge in [-0.05, 0) is 19.9 Å². The highest BCUT2D eigenvalue weighted by atomic mass is 16.5. The van der Waals surface area contributed by atoms with Gasteiger partial charge in [-0.1, -0.05) is 5.16 Å². The number of Topliss-reactive ketones (excluding diaryl/α,β-unsaturated/α-hetero) is 1. The lowest BCUT2D eigenvalue weighted by atomic mass is 10.0. The first-order valence-electron chi connectivity index (χ1n) is 7.13. The second-order valence-corrected chi connectivity index (χ2v) is 5.27. The summed E-state index contributed by atoms with van der Waals surface area (Å²) >= 11 is 0. The average Bonchev–Trinajstić information content (AvgIpc) is 2.85. The van der Waals surface area contributed by atoms with E-state index in [0.717, 1.165) is 5.56 Å². The molecule has 0 saturated heterocycles. The fourth-order valence-electron chi connectivity index (χ4n) is 2.24. The number of aromatic nitrogens is 2. The molecule has 0 aliphatic carbocycles. The molecule has 2 heterocycles. The smallest absolute Gasteiger partial charge is 0.303 e. The molecule has 0 aromatic carbocycles. The molecule has 24 heavy (non-hydrogen) atoms. The third kappa shape index (κ3) is 3.57. The molecule has 2 aromatic heterocycles. The van der Waals surface area contributed by atoms with Crippen LogP contribution in [-0.4, -0.2) is 32.1 Å². The molecule has 8 nitrogen and oxygen atoms in total. The highest BCUT2D eigenvalue weighted by Gasteiger charge is 2.20. The van der Waals surface area contributed by atoms with Crippen LogP contribution in [0.3, 0.4) is 0 Å². The summed E-state index contributed by atoms with van der Waals surface area (Å²) in [5, 5.41) is 31.6. The maximum absolute atomic E-state index is 12.1. The van der Waals surface area contributed by atoms with Gasteiger partial charge in [-0.2, -0.15) is 5.26 Å². The van der Waals surface area contributed by atoms with Gasteiger partial charge in [0.1, 0.15) is 17.5 Å². The average molecular weight is 329 g/mol. The van der Waals surface area contributed by atoms with Crippen molar-refractivity contribution in [2.24, 2.45) is 0 Å². The third-order valence-corrected chi connectivity index (χ3v) is 3.54. The number of carboxylic acid groups (broad SMARTS) is 1. The van der Waals surface area contributed by atoms with Crippen molar-refractivity contribution in [3.63, 3.8) is 0 Å². The van der Waals surface area contributed by atoms with Gasteiger partial charge in [-0.15, -0.1) is 0 Å². The zero-order chi connectivity index (χ0) is 17.9. The lowest BCUT2D eigenvalue weighted by molar-refractivity contribution is -0.136. The number of carboxylic acids is 1. The van der Waals surface area contributed by atoms with E-state index in [1.165, 1.54) is 6.07 Å². The topological polar surface area (TPSA) is 137 Å². The van der Waals surface area contributed by atoms with E-state index in [4.69, 9.17) is 14.9 Å². The number of hydrogen-bond acceptors (Lipinski definition) is 7. The Labute approximate surface area is 137 Å². The first kappa shape index (κ1) is 17.1. The third-order valence-electron chi connectivity index (χ3n) is 3.54. The fourth-order valence-corrected chi connectivity index (χ4v) is 2.24. The number of nitriles is 1. The summed E-state index contributed by atoms with van der Waals surface area (Å²) in [6, 6.07) is 3.19. The standard InChI is InChI=1S/C16H15N3O5/c1-8-12(9(2)24-19-8)6-11-5-10(7-17)16(23)15(18-11)13(20)3-4-14(21)22/h5,23H,3-4,6H2,1-2H3,(H,21,22). The van der Waals surface area contributed by atoms with Gasteiger partial charge in [0.2, 0.25) is 0 Å². The second-order valence-electron chi connectivity index (χ2n) is 5.27. The molecule has 0 bridgehead atoms. The molecule has 0 fully saturated rings. The maximum Gasteiger partial charge on any atom is 0.303 e. The lowest BCUT2D eigenvalue weighted by Gasteiger charge is -2.08. The molecule has 0 aliphatic rings. The predicted octanol–water partition coefficient (Wildman–Crippen LogP) is 1.90. The molecule has 0 atom stereocenters. The van der Waals surface area contributed by atoms with Crippen molar-refractivity contribution < 1.29 is 24.3 Å². The Balaban J connectivity index is 2.40. The minimum atomic E-state index is -1.13. The number of aryl methyl sites for hydroxylation is 2. The van der Waals surface area contributed by atoms with Gasteiger partial charge >= 0.3 is 5.97 Å². The van der Waals surface area contributed by atoms with E-state index in [2.05, 4.69) is 10.1 Å². The van der Waals surface area contributed by atoms with Crippen LogP contribution in [0.25, 0.3) is 0 Å². The minimum absolute atomic E-state index is 0.0922. The predicted molar refractivity (Wildman–Crippen MR) is 80.6 cm³/mol. The van der Waals surface area contributed by atoms with Crippen LogP contribution in [-0.2, 0) is 11.2 Å². The Hall–Kier alpha value is -3.21. The van der Waals surface area contributed by atoms with Crippen LogP contribution in [0.4, 0.5) is 0 Å². The van der Waals surface area contributed by atoms with E-state index >= 15 is 0 Å². The number of carbonyl (C=O) groups is 2. The van der Waals surface area contributed by atoms with Gasteiger partial charge < -0.3 is 14.7 Å². The molecule has 124 valence electrons. The highest BCUT2D eigenvalue weighted by Crippen LogP contribution is 2.25. The molecule has 8 heteroatoms. The molecule has 2 aromatic rings. The molecule has 0 saturated carbocycles. The van der Waals surface area contributed by atoms with Crippen molar-refractivity contribution in [3.05, 3.63) is 40.0 Å². The molecule has 0 spiro atoms. The Morgan fingerprint density at radius 1 is 1.33 bits per heavy atom. The van der Waals surface area contributed by atoms with Crippen molar-refractivity contribution in [1.82, 2.24) is 10.1 Å². The largest absolute Gasteiger partial charge is 0.504 e. The minimum Gasteiger partial charge on any atom is -0.504 e. The molecule has 2 rings (SSSR count). The van der Waals surface area contributed by atoms with Crippen LogP contribution >= 0.6 is 0 Å². The zero-order valence-electron chi connectivity index (χ0n) is 13.2. The summed E-state index contributed by atoms with van der Waals surface area (Å²) in [6.07, 6.45) is -0.416. The highest BCUT2D eigenvalue weighted by molar-refractivity contribution is 5.98. The quantitative estimate of drug-likeness (QED) is 0.766. The van der Waals surface area contributed by atoms with Crippen LogP contribution in [0.1, 0.15) is 51.6 Å². The number of aromatic hydroxyl groups is 1. The normalized spacial score (nSPS) is 10.4. The molecule has 0 unspecified atom stereocenters. The number of pyridine rings is 1. The molecule has 0 aliphatic heterocycles. The fraction of sp³-hybridized carbons (Fsp3) is 0.312. The monoisotopic (exact) mass is 329 g/mol. The van der Waals surface area contributed by atoms with Crippen molar-refractivity contribution in [1.29, 1.82) is 5.26 Å². The molecule has 2 N–H and O–H groups in total. The van der Waals surface area contributed by atoms with Gasteiger partial charge in [0.25, 0.3) is 0 Å². The van der Waals surface area contributed by atoms with E-state index < -0.39 is 17.5 Å². The van der Waals surface area contributed by atoms with E-state index in [-0.39, 0.29) is 30.5 Å². The maximum atomic E-state index is 12.1. The molecular weight excluding hydrogens is 314 g/mol. The van der Waals surface area contributed by atoms with E-state index in [9.17, 15) is 14.7 Å².